The topological polar surface area (TPSA) is 76.4 Å². The molecule has 0 aromatic carbocycles. The van der Waals surface area contributed by atoms with Crippen LogP contribution in [-0.2, 0) is 11.3 Å². The smallest absolute Gasteiger partial charge is 0.191 e. The highest BCUT2D eigenvalue weighted by Crippen LogP contribution is 2.11. The monoisotopic (exact) mass is 456 g/mol. The maximum absolute atomic E-state index is 5.64. The molecule has 1 aliphatic heterocycles. The summed E-state index contributed by atoms with van der Waals surface area (Å²) in [5.41, 5.74) is 1.10. The van der Waals surface area contributed by atoms with Gasteiger partial charge in [0.15, 0.2) is 5.96 Å². The zero-order valence-electron chi connectivity index (χ0n) is 14.4. The Morgan fingerprint density at radius 3 is 3.04 bits per heavy atom. The minimum Gasteiger partial charge on any atom is -0.376 e. The summed E-state index contributed by atoms with van der Waals surface area (Å²) >= 11 is 0. The van der Waals surface area contributed by atoms with Crippen LogP contribution in [0.1, 0.15) is 25.3 Å². The van der Waals surface area contributed by atoms with Crippen molar-refractivity contribution in [3.8, 4) is 5.82 Å². The summed E-state index contributed by atoms with van der Waals surface area (Å²) in [5, 5.41) is 6.63. The molecule has 2 aromatic rings. The first-order chi connectivity index (χ1) is 11.8. The Kier molecular flexibility index (Phi) is 8.13. The molecule has 1 fully saturated rings. The average Bonchev–Trinajstić information content (AvgIpc) is 3.31. The summed E-state index contributed by atoms with van der Waals surface area (Å²) in [6, 6.07) is 4.00. The molecule has 0 radical (unpaired) electrons. The molecule has 0 spiro atoms. The second-order valence-corrected chi connectivity index (χ2v) is 5.70. The van der Waals surface area contributed by atoms with Gasteiger partial charge < -0.3 is 15.4 Å². The van der Waals surface area contributed by atoms with Crippen molar-refractivity contribution in [3.63, 3.8) is 0 Å². The number of hydrogen-bond acceptors (Lipinski definition) is 4. The second kappa shape index (κ2) is 10.3. The highest BCUT2D eigenvalue weighted by molar-refractivity contribution is 14.0. The third-order valence-corrected chi connectivity index (χ3v) is 3.86. The fourth-order valence-corrected chi connectivity index (χ4v) is 2.62. The van der Waals surface area contributed by atoms with Gasteiger partial charge in [-0.25, -0.2) is 15.0 Å². The fourth-order valence-electron chi connectivity index (χ4n) is 2.62. The molecule has 8 heteroatoms. The Balaban J connectivity index is 0.00000225. The molecular formula is C17H25IN6O. The Hall–Kier alpha value is -1.68. The molecule has 7 nitrogen and oxygen atoms in total. The highest BCUT2D eigenvalue weighted by Gasteiger charge is 2.15. The Morgan fingerprint density at radius 2 is 2.32 bits per heavy atom. The van der Waals surface area contributed by atoms with Crippen LogP contribution in [0.15, 0.2) is 42.0 Å². The normalized spacial score (nSPS) is 17.2. The second-order valence-electron chi connectivity index (χ2n) is 5.70. The minimum absolute atomic E-state index is 0. The van der Waals surface area contributed by atoms with E-state index in [0.29, 0.717) is 12.6 Å². The lowest BCUT2D eigenvalue weighted by atomic mass is 10.2. The van der Waals surface area contributed by atoms with E-state index in [1.807, 2.05) is 22.9 Å². The molecule has 2 N–H and O–H groups in total. The van der Waals surface area contributed by atoms with E-state index in [1.165, 1.54) is 0 Å². The molecule has 3 heterocycles. The van der Waals surface area contributed by atoms with Gasteiger partial charge in [-0.05, 0) is 37.5 Å². The number of ether oxygens (including phenoxy) is 1. The van der Waals surface area contributed by atoms with Gasteiger partial charge in [0, 0.05) is 38.3 Å². The van der Waals surface area contributed by atoms with E-state index >= 15 is 0 Å². The van der Waals surface area contributed by atoms with Crippen molar-refractivity contribution in [1.82, 2.24) is 25.2 Å². The van der Waals surface area contributed by atoms with Crippen molar-refractivity contribution in [2.45, 2.75) is 32.4 Å². The summed E-state index contributed by atoms with van der Waals surface area (Å²) in [5.74, 6) is 1.66. The first kappa shape index (κ1) is 19.6. The molecule has 25 heavy (non-hydrogen) atoms. The molecule has 1 unspecified atom stereocenters. The molecule has 0 amide bonds. The Labute approximate surface area is 165 Å². The number of nitrogens with one attached hydrogen (secondary N) is 2. The number of halogens is 1. The Morgan fingerprint density at radius 1 is 1.40 bits per heavy atom. The molecule has 1 saturated heterocycles. The van der Waals surface area contributed by atoms with Gasteiger partial charge in [0.2, 0.25) is 0 Å². The van der Waals surface area contributed by atoms with Gasteiger partial charge >= 0.3 is 0 Å². The fraction of sp³-hybridized carbons (Fsp3) is 0.471. The van der Waals surface area contributed by atoms with Gasteiger partial charge in [-0.1, -0.05) is 0 Å². The number of pyridine rings is 1. The molecule has 2 aromatic heterocycles. The number of rotatable bonds is 6. The van der Waals surface area contributed by atoms with Gasteiger partial charge in [-0.2, -0.15) is 0 Å². The van der Waals surface area contributed by atoms with E-state index in [2.05, 4.69) is 32.5 Å². The van der Waals surface area contributed by atoms with E-state index < -0.39 is 0 Å². The van der Waals surface area contributed by atoms with Gasteiger partial charge in [0.1, 0.15) is 12.1 Å². The molecule has 0 bridgehead atoms. The number of guanidine groups is 1. The van der Waals surface area contributed by atoms with Crippen LogP contribution in [0.5, 0.6) is 0 Å². The summed E-state index contributed by atoms with van der Waals surface area (Å²) < 4.78 is 7.52. The van der Waals surface area contributed by atoms with Gasteiger partial charge in [-0.15, -0.1) is 24.0 Å². The number of nitrogens with zero attached hydrogens (tertiary/aromatic N) is 4. The zero-order chi connectivity index (χ0) is 16.6. The lowest BCUT2D eigenvalue weighted by Gasteiger charge is -2.14. The maximum Gasteiger partial charge on any atom is 0.191 e. The lowest BCUT2D eigenvalue weighted by Crippen LogP contribution is -2.41. The van der Waals surface area contributed by atoms with Crippen LogP contribution in [0.4, 0.5) is 0 Å². The van der Waals surface area contributed by atoms with Crippen LogP contribution in [-0.4, -0.2) is 46.3 Å². The van der Waals surface area contributed by atoms with Crippen LogP contribution >= 0.6 is 24.0 Å². The van der Waals surface area contributed by atoms with Crippen molar-refractivity contribution >= 4 is 29.9 Å². The number of hydrogen-bond donors (Lipinski definition) is 2. The predicted octanol–water partition coefficient (Wildman–Crippen LogP) is 2.12. The van der Waals surface area contributed by atoms with Crippen LogP contribution in [0.3, 0.4) is 0 Å². The highest BCUT2D eigenvalue weighted by atomic mass is 127. The average molecular weight is 456 g/mol. The molecule has 3 rings (SSSR count). The first-order valence-corrected chi connectivity index (χ1v) is 8.42. The van der Waals surface area contributed by atoms with Gasteiger partial charge in [0.25, 0.3) is 0 Å². The largest absolute Gasteiger partial charge is 0.376 e. The van der Waals surface area contributed by atoms with Crippen molar-refractivity contribution in [2.75, 3.05) is 19.7 Å². The summed E-state index contributed by atoms with van der Waals surface area (Å²) in [6.07, 6.45) is 9.71. The van der Waals surface area contributed by atoms with Crippen LogP contribution in [0.25, 0.3) is 5.82 Å². The molecule has 1 aliphatic rings. The first-order valence-electron chi connectivity index (χ1n) is 8.42. The van der Waals surface area contributed by atoms with Crippen molar-refractivity contribution in [2.24, 2.45) is 4.99 Å². The van der Waals surface area contributed by atoms with E-state index in [0.717, 1.165) is 49.9 Å². The number of imidazole rings is 1. The van der Waals surface area contributed by atoms with Crippen molar-refractivity contribution < 1.29 is 4.74 Å². The standard InChI is InChI=1S/C17H24N6O.HI/c1-2-19-17(22-12-15-4-3-9-24-15)21-11-14-5-6-20-16(10-14)23-8-7-18-13-23;/h5-8,10,13,15H,2-4,9,11-12H2,1H3,(H2,19,21,22);1H. The molecule has 1 atom stereocenters. The van der Waals surface area contributed by atoms with Crippen LogP contribution < -0.4 is 10.6 Å². The van der Waals surface area contributed by atoms with Crippen molar-refractivity contribution in [3.05, 3.63) is 42.6 Å². The Bertz CT molecular complexity index is 655. The molecule has 0 aliphatic carbocycles. The van der Waals surface area contributed by atoms with E-state index in [1.54, 1.807) is 18.7 Å². The minimum atomic E-state index is 0. The number of aliphatic imine (C=N–C) groups is 1. The third kappa shape index (κ3) is 5.96. The van der Waals surface area contributed by atoms with E-state index in [9.17, 15) is 0 Å². The van der Waals surface area contributed by atoms with E-state index in [-0.39, 0.29) is 24.0 Å². The van der Waals surface area contributed by atoms with E-state index in [4.69, 9.17) is 4.74 Å². The zero-order valence-corrected chi connectivity index (χ0v) is 16.7. The third-order valence-electron chi connectivity index (χ3n) is 3.86. The number of aromatic nitrogens is 3. The van der Waals surface area contributed by atoms with Crippen LogP contribution in [0.2, 0.25) is 0 Å². The predicted molar refractivity (Wildman–Crippen MR) is 109 cm³/mol. The van der Waals surface area contributed by atoms with Crippen LogP contribution in [0, 0.1) is 0 Å². The molecular weight excluding hydrogens is 431 g/mol. The summed E-state index contributed by atoms with van der Waals surface area (Å²) in [7, 11) is 0. The SMILES string of the molecule is CCNC(=NCc1ccnc(-n2ccnc2)c1)NCC1CCCO1.I. The lowest BCUT2D eigenvalue weighted by molar-refractivity contribution is 0.114. The van der Waals surface area contributed by atoms with Gasteiger partial charge in [-0.3, -0.25) is 4.57 Å². The summed E-state index contributed by atoms with van der Waals surface area (Å²) in [6.45, 7) is 5.14. The molecule has 0 saturated carbocycles. The summed E-state index contributed by atoms with van der Waals surface area (Å²) in [4.78, 5) is 13.1. The maximum atomic E-state index is 5.64. The van der Waals surface area contributed by atoms with Gasteiger partial charge in [0.05, 0.1) is 12.6 Å². The van der Waals surface area contributed by atoms with Crippen molar-refractivity contribution in [1.29, 1.82) is 0 Å². The molecule has 136 valence electrons. The quantitative estimate of drug-likeness (QED) is 0.396.